The number of methoxy groups -OCH3 is 1. The van der Waals surface area contributed by atoms with E-state index in [1.54, 1.807) is 0 Å². The smallest absolute Gasteiger partial charge is 0.305 e. The predicted molar refractivity (Wildman–Crippen MR) is 63.8 cm³/mol. The predicted octanol–water partition coefficient (Wildman–Crippen LogP) is 2.92. The Hall–Kier alpha value is 0.170. The van der Waals surface area contributed by atoms with Crippen molar-refractivity contribution in [2.45, 2.75) is 36.7 Å². The molecule has 0 atom stereocenters. The molecule has 0 unspecified atom stereocenters. The topological polar surface area (TPSA) is 26.3 Å². The van der Waals surface area contributed by atoms with Crippen molar-refractivity contribution in [3.05, 3.63) is 0 Å². The molecule has 0 bridgehead atoms. The molecule has 2 nitrogen and oxygen atoms in total. The Morgan fingerprint density at radius 2 is 2.07 bits per heavy atom. The van der Waals surface area contributed by atoms with E-state index in [-0.39, 0.29) is 5.97 Å². The van der Waals surface area contributed by atoms with Crippen molar-refractivity contribution in [3.8, 4) is 0 Å². The van der Waals surface area contributed by atoms with E-state index in [1.807, 2.05) is 0 Å². The number of rotatable bonds is 5. The highest BCUT2D eigenvalue weighted by Gasteiger charge is 2.13. The molecule has 1 aliphatic rings. The van der Waals surface area contributed by atoms with E-state index < -0.39 is 0 Å². The molecule has 0 aromatic rings. The van der Waals surface area contributed by atoms with Crippen LogP contribution in [0, 0.1) is 0 Å². The summed E-state index contributed by atoms with van der Waals surface area (Å²) in [6.07, 6.45) is 5.31. The quantitative estimate of drug-likeness (QED) is 0.540. The normalized spacial score (nSPS) is 18.1. The van der Waals surface area contributed by atoms with Gasteiger partial charge in [0.1, 0.15) is 0 Å². The Morgan fingerprint density at radius 1 is 1.36 bits per heavy atom. The van der Waals surface area contributed by atoms with Crippen LogP contribution >= 0.6 is 23.5 Å². The fraction of sp³-hybridized carbons (Fsp3) is 0.900. The van der Waals surface area contributed by atoms with E-state index in [2.05, 4.69) is 28.3 Å². The van der Waals surface area contributed by atoms with Gasteiger partial charge in [-0.15, -0.1) is 23.5 Å². The molecule has 1 heterocycles. The average molecular weight is 234 g/mol. The molecule has 0 spiro atoms. The highest BCUT2D eigenvalue weighted by Crippen LogP contribution is 2.33. The molecule has 0 aromatic heterocycles. The monoisotopic (exact) mass is 234 g/mol. The summed E-state index contributed by atoms with van der Waals surface area (Å²) in [6.45, 7) is 0. The zero-order valence-electron chi connectivity index (χ0n) is 8.66. The Balaban J connectivity index is 1.94. The zero-order valence-corrected chi connectivity index (χ0v) is 10.3. The number of ether oxygens (including phenoxy) is 1. The molecule has 1 rings (SSSR count). The highest BCUT2D eigenvalue weighted by molar-refractivity contribution is 8.17. The van der Waals surface area contributed by atoms with E-state index >= 15 is 0 Å². The lowest BCUT2D eigenvalue weighted by atomic mass is 10.2. The van der Waals surface area contributed by atoms with Crippen molar-refractivity contribution in [3.63, 3.8) is 0 Å². The van der Waals surface area contributed by atoms with Crippen LogP contribution in [0.2, 0.25) is 0 Å². The first kappa shape index (κ1) is 12.2. The van der Waals surface area contributed by atoms with Gasteiger partial charge in [-0.3, -0.25) is 4.79 Å². The van der Waals surface area contributed by atoms with Crippen LogP contribution in [0.5, 0.6) is 0 Å². The lowest BCUT2D eigenvalue weighted by Crippen LogP contribution is -2.07. The third-order valence-corrected chi connectivity index (χ3v) is 5.27. The number of carbonyl (C=O) groups is 1. The van der Waals surface area contributed by atoms with Crippen molar-refractivity contribution in [2.75, 3.05) is 18.6 Å². The number of esters is 1. The summed E-state index contributed by atoms with van der Waals surface area (Å²) in [5, 5.41) is 0. The summed E-state index contributed by atoms with van der Waals surface area (Å²) in [4.78, 5) is 10.8. The second-order valence-corrected chi connectivity index (χ2v) is 6.27. The first-order chi connectivity index (χ1) is 6.83. The molecule has 1 fully saturated rings. The maximum Gasteiger partial charge on any atom is 0.305 e. The Morgan fingerprint density at radius 3 is 2.71 bits per heavy atom. The van der Waals surface area contributed by atoms with Gasteiger partial charge in [-0.05, 0) is 30.8 Å². The van der Waals surface area contributed by atoms with Crippen molar-refractivity contribution >= 4 is 29.5 Å². The minimum absolute atomic E-state index is 0.0750. The first-order valence-corrected chi connectivity index (χ1v) is 7.22. The van der Waals surface area contributed by atoms with Gasteiger partial charge < -0.3 is 4.74 Å². The molecule has 0 aromatic carbocycles. The summed E-state index contributed by atoms with van der Waals surface area (Å²) in [5.74, 6) is 2.55. The van der Waals surface area contributed by atoms with E-state index in [4.69, 9.17) is 0 Å². The fourth-order valence-corrected chi connectivity index (χ4v) is 4.35. The van der Waals surface area contributed by atoms with Gasteiger partial charge in [0.05, 0.1) is 11.7 Å². The van der Waals surface area contributed by atoms with Crippen LogP contribution in [0.3, 0.4) is 0 Å². The molecule has 0 aliphatic carbocycles. The van der Waals surface area contributed by atoms with Gasteiger partial charge in [-0.2, -0.15) is 0 Å². The largest absolute Gasteiger partial charge is 0.469 e. The summed E-state index contributed by atoms with van der Waals surface area (Å²) in [6, 6.07) is 0. The Kier molecular flexibility index (Phi) is 6.52. The third-order valence-electron chi connectivity index (χ3n) is 2.19. The molecule has 82 valence electrons. The molecule has 14 heavy (non-hydrogen) atoms. The summed E-state index contributed by atoms with van der Waals surface area (Å²) >= 11 is 4.15. The van der Waals surface area contributed by atoms with Crippen LogP contribution < -0.4 is 0 Å². The number of hydrogen-bond acceptors (Lipinski definition) is 4. The molecule has 1 saturated heterocycles. The van der Waals surface area contributed by atoms with Crippen molar-refractivity contribution < 1.29 is 9.53 Å². The van der Waals surface area contributed by atoms with Crippen LogP contribution in [-0.4, -0.2) is 29.2 Å². The van der Waals surface area contributed by atoms with Crippen molar-refractivity contribution in [1.29, 1.82) is 0 Å². The molecule has 0 amide bonds. The highest BCUT2D eigenvalue weighted by atomic mass is 32.2. The average Bonchev–Trinajstić information content (AvgIpc) is 2.25. The summed E-state index contributed by atoms with van der Waals surface area (Å²) in [7, 11) is 1.45. The summed E-state index contributed by atoms with van der Waals surface area (Å²) in [5.41, 5.74) is 0. The number of carbonyl (C=O) groups excluding carboxylic acids is 1. The van der Waals surface area contributed by atoms with Crippen LogP contribution in [0.15, 0.2) is 0 Å². The van der Waals surface area contributed by atoms with E-state index in [9.17, 15) is 4.79 Å². The van der Waals surface area contributed by atoms with Crippen molar-refractivity contribution in [2.24, 2.45) is 0 Å². The molecule has 0 N–H and O–H groups in total. The summed E-state index contributed by atoms with van der Waals surface area (Å²) < 4.78 is 5.37. The van der Waals surface area contributed by atoms with Gasteiger partial charge in [-0.25, -0.2) is 0 Å². The molecule has 0 radical (unpaired) electrons. The second-order valence-electron chi connectivity index (χ2n) is 3.35. The van der Waals surface area contributed by atoms with E-state index in [1.165, 1.54) is 31.5 Å². The second kappa shape index (κ2) is 7.46. The SMILES string of the molecule is COC(=O)CCCCC1SCCCS1. The van der Waals surface area contributed by atoms with Gasteiger partial charge >= 0.3 is 5.97 Å². The Labute approximate surface area is 94.5 Å². The standard InChI is InChI=1S/C10H18O2S2/c1-12-9(11)5-2-3-6-10-13-7-4-8-14-10/h10H,2-8H2,1H3. The Bertz CT molecular complexity index is 168. The van der Waals surface area contributed by atoms with Gasteiger partial charge in [0.25, 0.3) is 0 Å². The number of thioether (sulfide) groups is 2. The lowest BCUT2D eigenvalue weighted by Gasteiger charge is -2.20. The molecular formula is C10H18O2S2. The van der Waals surface area contributed by atoms with Gasteiger partial charge in [-0.1, -0.05) is 6.42 Å². The minimum Gasteiger partial charge on any atom is -0.469 e. The van der Waals surface area contributed by atoms with Crippen LogP contribution in [-0.2, 0) is 9.53 Å². The minimum atomic E-state index is -0.0750. The first-order valence-electron chi connectivity index (χ1n) is 5.13. The van der Waals surface area contributed by atoms with E-state index in [0.29, 0.717) is 6.42 Å². The zero-order chi connectivity index (χ0) is 10.2. The van der Waals surface area contributed by atoms with Gasteiger partial charge in [0, 0.05) is 6.42 Å². The molecule has 1 aliphatic heterocycles. The van der Waals surface area contributed by atoms with Crippen LogP contribution in [0.4, 0.5) is 0 Å². The lowest BCUT2D eigenvalue weighted by molar-refractivity contribution is -0.140. The van der Waals surface area contributed by atoms with Gasteiger partial charge in [0.15, 0.2) is 0 Å². The fourth-order valence-electron chi connectivity index (χ4n) is 1.39. The van der Waals surface area contributed by atoms with Crippen LogP contribution in [0.25, 0.3) is 0 Å². The van der Waals surface area contributed by atoms with Crippen molar-refractivity contribution in [1.82, 2.24) is 0 Å². The third kappa shape index (κ3) is 5.15. The number of hydrogen-bond donors (Lipinski definition) is 0. The molecule has 4 heteroatoms. The van der Waals surface area contributed by atoms with Crippen LogP contribution in [0.1, 0.15) is 32.1 Å². The molecule has 0 saturated carbocycles. The maximum absolute atomic E-state index is 10.8. The maximum atomic E-state index is 10.8. The number of unbranched alkanes of at least 4 members (excludes halogenated alkanes) is 1. The van der Waals surface area contributed by atoms with Gasteiger partial charge in [0.2, 0.25) is 0 Å². The molecular weight excluding hydrogens is 216 g/mol. The van der Waals surface area contributed by atoms with E-state index in [0.717, 1.165) is 17.4 Å².